The molecule has 1 aliphatic heterocycles. The van der Waals surface area contributed by atoms with Gasteiger partial charge in [0, 0.05) is 6.04 Å². The lowest BCUT2D eigenvalue weighted by Crippen LogP contribution is -2.57. The van der Waals surface area contributed by atoms with Crippen LogP contribution in [0.15, 0.2) is 18.2 Å². The van der Waals surface area contributed by atoms with Crippen LogP contribution in [0.4, 0.5) is 0 Å². The van der Waals surface area contributed by atoms with E-state index >= 15 is 0 Å². The second-order valence-corrected chi connectivity index (χ2v) is 6.49. The number of piperidine rings is 1. The molecule has 2 aliphatic rings. The first-order valence-corrected chi connectivity index (χ1v) is 6.99. The standard InChI is InChI=1S/C16H23NO/c1-10-13-6-5-12(18)9-14(13)16(3)7-8-17(4)15(10)11(16)2/h5-6,9-11,15,18H,7-8H2,1-4H3/t10-,11-,15+,16-/m0/s1. The zero-order valence-electron chi connectivity index (χ0n) is 11.8. The Morgan fingerprint density at radius 3 is 2.78 bits per heavy atom. The summed E-state index contributed by atoms with van der Waals surface area (Å²) in [5.41, 5.74) is 3.04. The van der Waals surface area contributed by atoms with Gasteiger partial charge in [-0.3, -0.25) is 0 Å². The van der Waals surface area contributed by atoms with Crippen LogP contribution in [0.3, 0.4) is 0 Å². The van der Waals surface area contributed by atoms with Crippen LogP contribution >= 0.6 is 0 Å². The van der Waals surface area contributed by atoms with E-state index in [2.05, 4.69) is 38.8 Å². The number of hydrogen-bond acceptors (Lipinski definition) is 2. The monoisotopic (exact) mass is 245 g/mol. The predicted molar refractivity (Wildman–Crippen MR) is 74.1 cm³/mol. The second-order valence-electron chi connectivity index (χ2n) is 6.49. The lowest BCUT2D eigenvalue weighted by molar-refractivity contribution is 0.0350. The first-order chi connectivity index (χ1) is 8.45. The number of phenolic OH excluding ortho intramolecular Hbond substituents is 1. The van der Waals surface area contributed by atoms with E-state index in [1.807, 2.05) is 12.1 Å². The normalized spacial score (nSPS) is 39.4. The highest BCUT2D eigenvalue weighted by molar-refractivity contribution is 5.46. The molecule has 18 heavy (non-hydrogen) atoms. The van der Waals surface area contributed by atoms with Gasteiger partial charge in [-0.15, -0.1) is 0 Å². The Kier molecular flexibility index (Phi) is 2.50. The molecule has 0 saturated carbocycles. The highest BCUT2D eigenvalue weighted by atomic mass is 16.3. The number of likely N-dealkylation sites (tertiary alicyclic amines) is 1. The molecule has 1 N–H and O–H groups in total. The molecule has 1 fully saturated rings. The number of nitrogens with zero attached hydrogens (tertiary/aromatic N) is 1. The molecule has 1 heterocycles. The third-order valence-corrected chi connectivity index (χ3v) is 5.67. The topological polar surface area (TPSA) is 23.5 Å². The van der Waals surface area contributed by atoms with Gasteiger partial charge in [0.15, 0.2) is 0 Å². The van der Waals surface area contributed by atoms with E-state index in [9.17, 15) is 5.11 Å². The minimum absolute atomic E-state index is 0.220. The van der Waals surface area contributed by atoms with Crippen molar-refractivity contribution >= 4 is 0 Å². The van der Waals surface area contributed by atoms with Crippen molar-refractivity contribution in [1.29, 1.82) is 0 Å². The zero-order valence-corrected chi connectivity index (χ0v) is 11.8. The Bertz CT molecular complexity index is 484. The lowest BCUT2D eigenvalue weighted by atomic mass is 9.56. The molecule has 3 rings (SSSR count). The molecule has 2 nitrogen and oxygen atoms in total. The fraction of sp³-hybridized carbons (Fsp3) is 0.625. The minimum atomic E-state index is 0.220. The smallest absolute Gasteiger partial charge is 0.115 e. The number of fused-ring (bicyclic) bond motifs is 4. The SMILES string of the molecule is C[C@H]1c2ccc(O)cc2[C@@]2(C)CCN(C)[C@H]1[C@@H]2C. The molecule has 98 valence electrons. The minimum Gasteiger partial charge on any atom is -0.508 e. The van der Waals surface area contributed by atoms with Crippen LogP contribution in [0, 0.1) is 5.92 Å². The summed E-state index contributed by atoms with van der Waals surface area (Å²) in [6.45, 7) is 8.25. The van der Waals surface area contributed by atoms with Crippen molar-refractivity contribution in [2.45, 2.75) is 44.6 Å². The molecule has 2 heteroatoms. The van der Waals surface area contributed by atoms with Crippen molar-refractivity contribution in [1.82, 2.24) is 4.90 Å². The van der Waals surface area contributed by atoms with Crippen LogP contribution in [-0.4, -0.2) is 29.6 Å². The summed E-state index contributed by atoms with van der Waals surface area (Å²) < 4.78 is 0. The summed E-state index contributed by atoms with van der Waals surface area (Å²) in [7, 11) is 2.25. The van der Waals surface area contributed by atoms with Gasteiger partial charge in [-0.1, -0.05) is 26.8 Å². The Balaban J connectivity index is 2.22. The van der Waals surface area contributed by atoms with E-state index < -0.39 is 0 Å². The van der Waals surface area contributed by atoms with Crippen LogP contribution in [0.1, 0.15) is 44.2 Å². The van der Waals surface area contributed by atoms with Gasteiger partial charge in [0.25, 0.3) is 0 Å². The number of hydrogen-bond donors (Lipinski definition) is 1. The van der Waals surface area contributed by atoms with Crippen LogP contribution < -0.4 is 0 Å². The summed E-state index contributed by atoms with van der Waals surface area (Å²) in [6, 6.07) is 6.60. The average molecular weight is 245 g/mol. The highest BCUT2D eigenvalue weighted by Crippen LogP contribution is 2.52. The van der Waals surface area contributed by atoms with Gasteiger partial charge in [0.1, 0.15) is 5.75 Å². The van der Waals surface area contributed by atoms with E-state index in [1.54, 1.807) is 0 Å². The van der Waals surface area contributed by atoms with Crippen molar-refractivity contribution in [3.05, 3.63) is 29.3 Å². The number of rotatable bonds is 0. The Hall–Kier alpha value is -1.02. The molecule has 1 aliphatic carbocycles. The van der Waals surface area contributed by atoms with Gasteiger partial charge < -0.3 is 10.0 Å². The third kappa shape index (κ3) is 1.38. The van der Waals surface area contributed by atoms with Crippen molar-refractivity contribution in [2.24, 2.45) is 5.92 Å². The molecule has 0 aromatic heterocycles. The van der Waals surface area contributed by atoms with Gasteiger partial charge in [0.05, 0.1) is 0 Å². The maximum atomic E-state index is 9.81. The summed E-state index contributed by atoms with van der Waals surface area (Å²) in [5, 5.41) is 9.81. The largest absolute Gasteiger partial charge is 0.508 e. The summed E-state index contributed by atoms with van der Waals surface area (Å²) in [5.74, 6) is 1.60. The van der Waals surface area contributed by atoms with Crippen LogP contribution in [0.25, 0.3) is 0 Å². The number of aromatic hydroxyl groups is 1. The van der Waals surface area contributed by atoms with Crippen LogP contribution in [0.5, 0.6) is 5.75 Å². The third-order valence-electron chi connectivity index (χ3n) is 5.67. The van der Waals surface area contributed by atoms with Crippen LogP contribution in [-0.2, 0) is 5.41 Å². The first kappa shape index (κ1) is 12.0. The zero-order chi connectivity index (χ0) is 13.1. The fourth-order valence-electron chi connectivity index (χ4n) is 4.36. The molecule has 0 unspecified atom stereocenters. The molecule has 0 spiro atoms. The molecule has 1 saturated heterocycles. The van der Waals surface area contributed by atoms with Crippen molar-refractivity contribution < 1.29 is 5.11 Å². The molecule has 0 amide bonds. The Morgan fingerprint density at radius 2 is 2.06 bits per heavy atom. The average Bonchev–Trinajstić information content (AvgIpc) is 2.33. The molecular weight excluding hydrogens is 222 g/mol. The summed E-state index contributed by atoms with van der Waals surface area (Å²) >= 11 is 0. The fourth-order valence-corrected chi connectivity index (χ4v) is 4.36. The van der Waals surface area contributed by atoms with Gasteiger partial charge in [-0.05, 0) is 60.5 Å². The molecule has 1 aromatic rings. The van der Waals surface area contributed by atoms with Crippen LogP contribution in [0.2, 0.25) is 0 Å². The number of likely N-dealkylation sites (N-methyl/N-ethyl adjacent to an activating group) is 1. The van der Waals surface area contributed by atoms with Gasteiger partial charge in [-0.2, -0.15) is 0 Å². The molecule has 0 radical (unpaired) electrons. The maximum Gasteiger partial charge on any atom is 0.115 e. The Labute approximate surface area is 110 Å². The Morgan fingerprint density at radius 1 is 1.33 bits per heavy atom. The van der Waals surface area contributed by atoms with E-state index in [0.717, 1.165) is 6.54 Å². The summed E-state index contributed by atoms with van der Waals surface area (Å²) in [6.07, 6.45) is 1.18. The van der Waals surface area contributed by atoms with Gasteiger partial charge in [0.2, 0.25) is 0 Å². The highest BCUT2D eigenvalue weighted by Gasteiger charge is 2.50. The number of benzene rings is 1. The van der Waals surface area contributed by atoms with Crippen molar-refractivity contribution in [3.8, 4) is 5.75 Å². The second kappa shape index (κ2) is 3.74. The molecule has 4 atom stereocenters. The molecule has 2 bridgehead atoms. The lowest BCUT2D eigenvalue weighted by Gasteiger charge is -2.56. The predicted octanol–water partition coefficient (Wildman–Crippen LogP) is 3.11. The van der Waals surface area contributed by atoms with E-state index in [-0.39, 0.29) is 5.41 Å². The van der Waals surface area contributed by atoms with E-state index in [4.69, 9.17) is 0 Å². The van der Waals surface area contributed by atoms with Gasteiger partial charge in [-0.25, -0.2) is 0 Å². The molecule has 1 aromatic carbocycles. The molecular formula is C16H23NO. The van der Waals surface area contributed by atoms with Crippen molar-refractivity contribution in [3.63, 3.8) is 0 Å². The van der Waals surface area contributed by atoms with Crippen molar-refractivity contribution in [2.75, 3.05) is 13.6 Å². The quantitative estimate of drug-likeness (QED) is 0.759. The maximum absolute atomic E-state index is 9.81. The first-order valence-electron chi connectivity index (χ1n) is 6.99. The van der Waals surface area contributed by atoms with E-state index in [0.29, 0.717) is 23.6 Å². The van der Waals surface area contributed by atoms with Gasteiger partial charge >= 0.3 is 0 Å². The van der Waals surface area contributed by atoms with E-state index in [1.165, 1.54) is 17.5 Å². The summed E-state index contributed by atoms with van der Waals surface area (Å²) in [4.78, 5) is 2.52. The number of phenols is 1.